The molecule has 4 nitrogen and oxygen atoms in total. The van der Waals surface area contributed by atoms with Crippen LogP contribution >= 0.6 is 0 Å². The number of ether oxygens (including phenoxy) is 1. The minimum Gasteiger partial charge on any atom is -0.495 e. The number of methoxy groups -OCH3 is 1. The Hall–Kier alpha value is -2.33. The van der Waals surface area contributed by atoms with Gasteiger partial charge in [0.1, 0.15) is 5.75 Å². The van der Waals surface area contributed by atoms with Gasteiger partial charge in [-0.25, -0.2) is 0 Å². The van der Waals surface area contributed by atoms with E-state index in [9.17, 15) is 0 Å². The fourth-order valence-electron chi connectivity index (χ4n) is 2.14. The van der Waals surface area contributed by atoms with Crippen molar-refractivity contribution in [2.45, 2.75) is 6.54 Å². The molecule has 0 bridgehead atoms. The summed E-state index contributed by atoms with van der Waals surface area (Å²) in [6.45, 7) is 0.508. The molecule has 0 aliphatic heterocycles. The first-order chi connectivity index (χ1) is 9.31. The molecular formula is C15H15N3O. The third-order valence-electron chi connectivity index (χ3n) is 3.17. The Morgan fingerprint density at radius 3 is 2.84 bits per heavy atom. The van der Waals surface area contributed by atoms with Crippen molar-refractivity contribution in [3.8, 4) is 17.1 Å². The molecule has 0 aliphatic rings. The molecule has 0 atom stereocenters. The van der Waals surface area contributed by atoms with E-state index < -0.39 is 0 Å². The van der Waals surface area contributed by atoms with Crippen molar-refractivity contribution in [3.63, 3.8) is 0 Å². The summed E-state index contributed by atoms with van der Waals surface area (Å²) in [7, 11) is 1.67. The predicted molar refractivity (Wildman–Crippen MR) is 76.0 cm³/mol. The van der Waals surface area contributed by atoms with Gasteiger partial charge in [0.25, 0.3) is 0 Å². The second kappa shape index (κ2) is 4.74. The molecule has 0 fully saturated rings. The lowest BCUT2D eigenvalue weighted by Gasteiger charge is -2.00. The first-order valence-corrected chi connectivity index (χ1v) is 6.13. The number of aromatic nitrogens is 2. The van der Waals surface area contributed by atoms with Crippen LogP contribution in [-0.2, 0) is 6.54 Å². The van der Waals surface area contributed by atoms with Gasteiger partial charge in [-0.2, -0.15) is 0 Å². The normalized spacial score (nSPS) is 10.8. The van der Waals surface area contributed by atoms with Crippen LogP contribution in [0.2, 0.25) is 0 Å². The highest BCUT2D eigenvalue weighted by molar-refractivity contribution is 5.89. The molecular weight excluding hydrogens is 238 g/mol. The molecule has 19 heavy (non-hydrogen) atoms. The fourth-order valence-corrected chi connectivity index (χ4v) is 2.14. The second-order valence-electron chi connectivity index (χ2n) is 4.36. The van der Waals surface area contributed by atoms with E-state index in [2.05, 4.69) is 16.0 Å². The maximum absolute atomic E-state index is 5.57. The third-order valence-corrected chi connectivity index (χ3v) is 3.17. The van der Waals surface area contributed by atoms with Crippen LogP contribution in [0.15, 0.2) is 42.6 Å². The Labute approximate surface area is 111 Å². The molecule has 4 heteroatoms. The maximum Gasteiger partial charge on any atom is 0.142 e. The third kappa shape index (κ3) is 2.06. The number of rotatable bonds is 3. The van der Waals surface area contributed by atoms with Crippen molar-refractivity contribution in [2.24, 2.45) is 5.73 Å². The highest BCUT2D eigenvalue weighted by Gasteiger charge is 2.07. The van der Waals surface area contributed by atoms with Gasteiger partial charge < -0.3 is 15.5 Å². The summed E-state index contributed by atoms with van der Waals surface area (Å²) in [5, 5.41) is 1.11. The first-order valence-electron chi connectivity index (χ1n) is 6.13. The van der Waals surface area contributed by atoms with Gasteiger partial charge in [0.15, 0.2) is 0 Å². The minimum atomic E-state index is 0.508. The van der Waals surface area contributed by atoms with Crippen LogP contribution in [0.3, 0.4) is 0 Å². The van der Waals surface area contributed by atoms with Gasteiger partial charge in [-0.1, -0.05) is 18.2 Å². The standard InChI is InChI=1S/C15H15N3O/c1-19-14-4-2-3-11-7-13(18-15(11)14)12-6-5-10(8-16)9-17-12/h2-7,9,18H,8,16H2,1H3. The van der Waals surface area contributed by atoms with Crippen LogP contribution in [0, 0.1) is 0 Å². The summed E-state index contributed by atoms with van der Waals surface area (Å²) in [5.74, 6) is 0.835. The van der Waals surface area contributed by atoms with Crippen LogP contribution in [0.1, 0.15) is 5.56 Å². The molecule has 3 N–H and O–H groups in total. The number of nitrogens with one attached hydrogen (secondary N) is 1. The predicted octanol–water partition coefficient (Wildman–Crippen LogP) is 2.70. The largest absolute Gasteiger partial charge is 0.495 e. The number of aromatic amines is 1. The summed E-state index contributed by atoms with van der Waals surface area (Å²) in [6, 6.07) is 12.0. The Morgan fingerprint density at radius 1 is 1.26 bits per heavy atom. The minimum absolute atomic E-state index is 0.508. The zero-order valence-corrected chi connectivity index (χ0v) is 10.7. The highest BCUT2D eigenvalue weighted by Crippen LogP contribution is 2.29. The number of pyridine rings is 1. The Kier molecular flexibility index (Phi) is 2.93. The lowest BCUT2D eigenvalue weighted by molar-refractivity contribution is 0.419. The molecule has 2 heterocycles. The van der Waals surface area contributed by atoms with Crippen molar-refractivity contribution >= 4 is 10.9 Å². The maximum atomic E-state index is 5.57. The zero-order chi connectivity index (χ0) is 13.2. The molecule has 0 saturated carbocycles. The summed E-state index contributed by atoms with van der Waals surface area (Å²) in [4.78, 5) is 7.77. The van der Waals surface area contributed by atoms with E-state index in [1.165, 1.54) is 0 Å². The number of benzene rings is 1. The van der Waals surface area contributed by atoms with E-state index in [1.54, 1.807) is 13.3 Å². The average Bonchev–Trinajstić information content (AvgIpc) is 2.91. The number of hydrogen-bond acceptors (Lipinski definition) is 3. The molecule has 0 unspecified atom stereocenters. The number of fused-ring (bicyclic) bond motifs is 1. The highest BCUT2D eigenvalue weighted by atomic mass is 16.5. The SMILES string of the molecule is COc1cccc2cc(-c3ccc(CN)cn3)[nH]c12. The van der Waals surface area contributed by atoms with E-state index in [1.807, 2.05) is 30.3 Å². The van der Waals surface area contributed by atoms with Gasteiger partial charge in [0.05, 0.1) is 24.0 Å². The summed E-state index contributed by atoms with van der Waals surface area (Å²) in [5.41, 5.74) is 9.46. The molecule has 96 valence electrons. The molecule has 2 aromatic heterocycles. The summed E-state index contributed by atoms with van der Waals surface area (Å²) < 4.78 is 5.34. The monoisotopic (exact) mass is 253 g/mol. The van der Waals surface area contributed by atoms with Crippen LogP contribution < -0.4 is 10.5 Å². The number of nitrogens with two attached hydrogens (primary N) is 1. The van der Waals surface area contributed by atoms with E-state index in [0.717, 1.165) is 33.6 Å². The molecule has 0 amide bonds. The van der Waals surface area contributed by atoms with Crippen LogP contribution in [0.25, 0.3) is 22.3 Å². The zero-order valence-electron chi connectivity index (χ0n) is 10.7. The second-order valence-corrected chi connectivity index (χ2v) is 4.36. The van der Waals surface area contributed by atoms with Crippen LogP contribution in [-0.4, -0.2) is 17.1 Å². The van der Waals surface area contributed by atoms with Crippen LogP contribution in [0.5, 0.6) is 5.75 Å². The Balaban J connectivity index is 2.09. The lowest BCUT2D eigenvalue weighted by atomic mass is 10.2. The van der Waals surface area contributed by atoms with Gasteiger partial charge in [0, 0.05) is 18.1 Å². The fraction of sp³-hybridized carbons (Fsp3) is 0.133. The van der Waals surface area contributed by atoms with Gasteiger partial charge in [-0.15, -0.1) is 0 Å². The molecule has 1 aromatic carbocycles. The molecule has 3 rings (SSSR count). The topological polar surface area (TPSA) is 63.9 Å². The van der Waals surface area contributed by atoms with Gasteiger partial charge in [-0.05, 0) is 23.8 Å². The average molecular weight is 253 g/mol. The van der Waals surface area contributed by atoms with Crippen molar-refractivity contribution in [1.82, 2.24) is 9.97 Å². The Bertz CT molecular complexity index is 701. The lowest BCUT2D eigenvalue weighted by Crippen LogP contribution is -1.96. The molecule has 0 spiro atoms. The number of para-hydroxylation sites is 1. The first kappa shape index (κ1) is 11.7. The molecule has 0 aliphatic carbocycles. The summed E-state index contributed by atoms with van der Waals surface area (Å²) in [6.07, 6.45) is 1.80. The molecule has 0 radical (unpaired) electrons. The van der Waals surface area contributed by atoms with E-state index in [0.29, 0.717) is 6.54 Å². The van der Waals surface area contributed by atoms with Crippen molar-refractivity contribution in [1.29, 1.82) is 0 Å². The van der Waals surface area contributed by atoms with E-state index in [4.69, 9.17) is 10.5 Å². The quantitative estimate of drug-likeness (QED) is 0.754. The van der Waals surface area contributed by atoms with Crippen molar-refractivity contribution in [2.75, 3.05) is 7.11 Å². The van der Waals surface area contributed by atoms with Crippen molar-refractivity contribution < 1.29 is 4.74 Å². The Morgan fingerprint density at radius 2 is 2.16 bits per heavy atom. The van der Waals surface area contributed by atoms with Crippen LogP contribution in [0.4, 0.5) is 0 Å². The van der Waals surface area contributed by atoms with E-state index in [-0.39, 0.29) is 0 Å². The number of nitrogens with zero attached hydrogens (tertiary/aromatic N) is 1. The van der Waals surface area contributed by atoms with E-state index >= 15 is 0 Å². The van der Waals surface area contributed by atoms with Gasteiger partial charge >= 0.3 is 0 Å². The number of H-pyrrole nitrogens is 1. The molecule has 3 aromatic rings. The van der Waals surface area contributed by atoms with Gasteiger partial charge in [0.2, 0.25) is 0 Å². The number of hydrogen-bond donors (Lipinski definition) is 2. The summed E-state index contributed by atoms with van der Waals surface area (Å²) >= 11 is 0. The smallest absolute Gasteiger partial charge is 0.142 e. The van der Waals surface area contributed by atoms with Gasteiger partial charge in [-0.3, -0.25) is 4.98 Å². The van der Waals surface area contributed by atoms with Crippen molar-refractivity contribution in [3.05, 3.63) is 48.2 Å². The molecule has 0 saturated heterocycles.